The van der Waals surface area contributed by atoms with Gasteiger partial charge in [0.25, 0.3) is 5.88 Å². The van der Waals surface area contributed by atoms with Gasteiger partial charge in [0.05, 0.1) is 13.4 Å². The Morgan fingerprint density at radius 1 is 1.12 bits per heavy atom. The number of pyridine rings is 2. The number of hydrogen-bond acceptors (Lipinski definition) is 7. The van der Waals surface area contributed by atoms with Crippen molar-refractivity contribution in [2.45, 2.75) is 57.2 Å². The molecule has 32 heavy (non-hydrogen) atoms. The van der Waals surface area contributed by atoms with Crippen molar-refractivity contribution >= 4 is 15.8 Å². The molecule has 4 rings (SSSR count). The summed E-state index contributed by atoms with van der Waals surface area (Å²) < 4.78 is 37.2. The maximum atomic E-state index is 12.0. The average molecular weight is 461 g/mol. The number of nitrogens with zero attached hydrogens (tertiary/aromatic N) is 4. The predicted octanol–water partition coefficient (Wildman–Crippen LogP) is 3.24. The fraction of sp³-hybridized carbons (Fsp3) is 0.565. The highest BCUT2D eigenvalue weighted by Crippen LogP contribution is 2.34. The van der Waals surface area contributed by atoms with E-state index in [0.717, 1.165) is 37.1 Å². The van der Waals surface area contributed by atoms with Gasteiger partial charge in [0.15, 0.2) is 5.75 Å². The van der Waals surface area contributed by atoms with Crippen molar-refractivity contribution in [3.63, 3.8) is 0 Å². The summed E-state index contributed by atoms with van der Waals surface area (Å²) in [4.78, 5) is 11.4. The second kappa shape index (κ2) is 10.0. The molecule has 2 aliphatic rings. The summed E-state index contributed by atoms with van der Waals surface area (Å²) in [7, 11) is -1.54. The Balaban J connectivity index is 1.60. The van der Waals surface area contributed by atoms with Gasteiger partial charge in [-0.15, -0.1) is 0 Å². The minimum Gasteiger partial charge on any atom is -0.491 e. The summed E-state index contributed by atoms with van der Waals surface area (Å²) in [5.74, 6) is 1.97. The minimum absolute atomic E-state index is 0.161. The summed E-state index contributed by atoms with van der Waals surface area (Å²) in [5.41, 5.74) is 1.08. The van der Waals surface area contributed by atoms with Crippen LogP contribution in [-0.2, 0) is 16.6 Å². The van der Waals surface area contributed by atoms with Crippen LogP contribution in [0.5, 0.6) is 11.6 Å². The molecule has 0 amide bonds. The molecule has 1 aliphatic carbocycles. The molecule has 2 aromatic rings. The Morgan fingerprint density at radius 2 is 1.88 bits per heavy atom. The van der Waals surface area contributed by atoms with E-state index in [1.807, 2.05) is 30.5 Å². The first kappa shape index (κ1) is 22.8. The van der Waals surface area contributed by atoms with E-state index in [0.29, 0.717) is 31.3 Å². The second-order valence-corrected chi connectivity index (χ2v) is 10.6. The van der Waals surface area contributed by atoms with E-state index in [2.05, 4.69) is 9.88 Å². The lowest BCUT2D eigenvalue weighted by atomic mass is 10.0. The number of piperidine rings is 1. The summed E-state index contributed by atoms with van der Waals surface area (Å²) in [6.45, 7) is 1.66. The van der Waals surface area contributed by atoms with Crippen LogP contribution in [0.3, 0.4) is 0 Å². The fourth-order valence-corrected chi connectivity index (χ4v) is 5.43. The summed E-state index contributed by atoms with van der Waals surface area (Å²) in [5, 5.41) is 0. The Bertz CT molecular complexity index is 988. The monoisotopic (exact) mass is 460 g/mol. The fourth-order valence-electron chi connectivity index (χ4n) is 4.55. The lowest BCUT2D eigenvalue weighted by Gasteiger charge is -2.38. The molecule has 174 valence electrons. The first-order valence-electron chi connectivity index (χ1n) is 11.3. The maximum Gasteiger partial charge on any atom is 0.259 e. The molecule has 0 atom stereocenters. The Labute approximate surface area is 190 Å². The highest BCUT2D eigenvalue weighted by molar-refractivity contribution is 7.88. The molecule has 8 nitrogen and oxygen atoms in total. The number of aromatic nitrogens is 2. The number of sulfonamides is 1. The number of hydrogen-bond donors (Lipinski definition) is 0. The third-order valence-corrected chi connectivity index (χ3v) is 7.62. The largest absolute Gasteiger partial charge is 0.491 e. The zero-order valence-electron chi connectivity index (χ0n) is 18.8. The van der Waals surface area contributed by atoms with Crippen molar-refractivity contribution in [3.05, 3.63) is 42.2 Å². The normalized spacial score (nSPS) is 18.6. The van der Waals surface area contributed by atoms with Crippen molar-refractivity contribution in [1.82, 2.24) is 14.3 Å². The molecular formula is C23H32N4O4S. The van der Waals surface area contributed by atoms with Crippen LogP contribution in [0.2, 0.25) is 0 Å². The van der Waals surface area contributed by atoms with Gasteiger partial charge in [0, 0.05) is 38.1 Å². The number of anilines is 1. The second-order valence-electron chi connectivity index (χ2n) is 8.58. The highest BCUT2D eigenvalue weighted by Gasteiger charge is 2.30. The summed E-state index contributed by atoms with van der Waals surface area (Å²) in [6, 6.07) is 8.00. The Kier molecular flexibility index (Phi) is 7.15. The molecule has 3 heterocycles. The number of ether oxygens (including phenoxy) is 2. The van der Waals surface area contributed by atoms with Crippen molar-refractivity contribution in [1.29, 1.82) is 0 Å². The molecule has 0 radical (unpaired) electrons. The van der Waals surface area contributed by atoms with Gasteiger partial charge < -0.3 is 14.4 Å². The van der Waals surface area contributed by atoms with Gasteiger partial charge >= 0.3 is 0 Å². The van der Waals surface area contributed by atoms with Crippen LogP contribution in [0.4, 0.5) is 5.82 Å². The van der Waals surface area contributed by atoms with Crippen LogP contribution >= 0.6 is 0 Å². The van der Waals surface area contributed by atoms with Crippen molar-refractivity contribution < 1.29 is 17.9 Å². The van der Waals surface area contributed by atoms with Gasteiger partial charge in [0.1, 0.15) is 11.9 Å². The van der Waals surface area contributed by atoms with Gasteiger partial charge in [-0.2, -0.15) is 4.98 Å². The molecule has 1 saturated carbocycles. The molecular weight excluding hydrogens is 428 g/mol. The van der Waals surface area contributed by atoms with E-state index in [-0.39, 0.29) is 12.1 Å². The van der Waals surface area contributed by atoms with Crippen LogP contribution in [0, 0.1) is 0 Å². The number of rotatable bonds is 8. The molecule has 2 fully saturated rings. The molecule has 1 aliphatic heterocycles. The molecule has 2 aromatic heterocycles. The zero-order chi connectivity index (χ0) is 22.6. The van der Waals surface area contributed by atoms with E-state index in [4.69, 9.17) is 14.5 Å². The molecule has 0 spiro atoms. The smallest absolute Gasteiger partial charge is 0.259 e. The first-order valence-corrected chi connectivity index (χ1v) is 13.1. The minimum atomic E-state index is -3.18. The van der Waals surface area contributed by atoms with E-state index < -0.39 is 10.0 Å². The van der Waals surface area contributed by atoms with Gasteiger partial charge in [0.2, 0.25) is 10.0 Å². The quantitative estimate of drug-likeness (QED) is 0.598. The first-order chi connectivity index (χ1) is 15.4. The lowest BCUT2D eigenvalue weighted by Crippen LogP contribution is -2.46. The summed E-state index contributed by atoms with van der Waals surface area (Å²) >= 11 is 0. The van der Waals surface area contributed by atoms with E-state index in [1.165, 1.54) is 19.1 Å². The van der Waals surface area contributed by atoms with Crippen LogP contribution in [0.1, 0.15) is 44.1 Å². The number of methoxy groups -OCH3 is 1. The topological polar surface area (TPSA) is 84.9 Å². The highest BCUT2D eigenvalue weighted by atomic mass is 32.2. The maximum absolute atomic E-state index is 12.0. The molecule has 1 saturated heterocycles. The molecule has 0 N–H and O–H groups in total. The molecule has 0 bridgehead atoms. The lowest BCUT2D eigenvalue weighted by molar-refractivity contribution is 0.192. The van der Waals surface area contributed by atoms with Gasteiger partial charge in [-0.1, -0.05) is 6.07 Å². The summed E-state index contributed by atoms with van der Waals surface area (Å²) in [6.07, 6.45) is 11.0. The zero-order valence-corrected chi connectivity index (χ0v) is 19.6. The standard InChI is InChI=1S/C23H32N4O4S/c1-30-21-9-10-22(25-23(21)31-20-7-3-4-8-20)27(17-18-6-5-13-24-16-18)19-11-14-26(15-12-19)32(2,28)29/h5-6,9-10,13,16,19-20H,3-4,7-8,11-12,14-15,17H2,1-2H3. The van der Waals surface area contributed by atoms with Crippen LogP contribution < -0.4 is 14.4 Å². The van der Waals surface area contributed by atoms with E-state index >= 15 is 0 Å². The Hall–Kier alpha value is -2.39. The van der Waals surface area contributed by atoms with Crippen molar-refractivity contribution in [2.24, 2.45) is 0 Å². The predicted molar refractivity (Wildman–Crippen MR) is 124 cm³/mol. The van der Waals surface area contributed by atoms with E-state index in [1.54, 1.807) is 17.6 Å². The molecule has 9 heteroatoms. The van der Waals surface area contributed by atoms with Crippen LogP contribution in [0.25, 0.3) is 0 Å². The van der Waals surface area contributed by atoms with Crippen LogP contribution in [0.15, 0.2) is 36.7 Å². The van der Waals surface area contributed by atoms with Crippen molar-refractivity contribution in [3.8, 4) is 11.6 Å². The molecule has 0 aromatic carbocycles. The Morgan fingerprint density at radius 3 is 2.50 bits per heavy atom. The average Bonchev–Trinajstić information content (AvgIpc) is 3.31. The van der Waals surface area contributed by atoms with Gasteiger partial charge in [-0.25, -0.2) is 12.7 Å². The van der Waals surface area contributed by atoms with Gasteiger partial charge in [-0.05, 0) is 62.3 Å². The van der Waals surface area contributed by atoms with Gasteiger partial charge in [-0.3, -0.25) is 4.98 Å². The third-order valence-electron chi connectivity index (χ3n) is 6.31. The van der Waals surface area contributed by atoms with Crippen LogP contribution in [-0.4, -0.2) is 61.3 Å². The van der Waals surface area contributed by atoms with Crippen molar-refractivity contribution in [2.75, 3.05) is 31.4 Å². The third kappa shape index (κ3) is 5.50. The molecule has 0 unspecified atom stereocenters. The van der Waals surface area contributed by atoms with E-state index in [9.17, 15) is 8.42 Å². The SMILES string of the molecule is COc1ccc(N(Cc2cccnc2)C2CCN(S(C)(=O)=O)CC2)nc1OC1CCCC1.